The minimum Gasteiger partial charge on any atom is -0.0722 e. The van der Waals surface area contributed by atoms with E-state index < -0.39 is 0 Å². The van der Waals surface area contributed by atoms with Crippen LogP contribution in [0.1, 0.15) is 28.7 Å². The van der Waals surface area contributed by atoms with Crippen molar-refractivity contribution >= 4 is 11.1 Å². The summed E-state index contributed by atoms with van der Waals surface area (Å²) < 4.78 is 0. The molecular weight excluding hydrogens is 228 g/mol. The molecule has 3 rings (SSSR count). The first-order valence-electron chi connectivity index (χ1n) is 6.79. The van der Waals surface area contributed by atoms with Gasteiger partial charge in [-0.15, -0.1) is 0 Å². The molecule has 0 atom stereocenters. The Kier molecular flexibility index (Phi) is 3.08. The van der Waals surface area contributed by atoms with Gasteiger partial charge in [0.15, 0.2) is 0 Å². The number of allylic oxidation sites excluding steroid dienone is 4. The highest BCUT2D eigenvalue weighted by Gasteiger charge is 2.13. The third-order valence-electron chi connectivity index (χ3n) is 3.66. The lowest BCUT2D eigenvalue weighted by Crippen LogP contribution is -1.88. The van der Waals surface area contributed by atoms with E-state index in [-0.39, 0.29) is 0 Å². The maximum atomic E-state index is 2.32. The van der Waals surface area contributed by atoms with E-state index in [1.54, 1.807) is 0 Å². The molecular formula is C19H18. The van der Waals surface area contributed by atoms with E-state index >= 15 is 0 Å². The molecule has 1 aliphatic carbocycles. The van der Waals surface area contributed by atoms with Crippen LogP contribution >= 0.6 is 0 Å². The molecule has 94 valence electrons. The molecule has 0 aromatic heterocycles. The molecule has 0 N–H and O–H groups in total. The highest BCUT2D eigenvalue weighted by Crippen LogP contribution is 2.36. The Morgan fingerprint density at radius 2 is 0.947 bits per heavy atom. The van der Waals surface area contributed by atoms with Gasteiger partial charge in [-0.1, -0.05) is 71.8 Å². The van der Waals surface area contributed by atoms with Crippen molar-refractivity contribution in [2.24, 2.45) is 0 Å². The van der Waals surface area contributed by atoms with E-state index in [1.807, 2.05) is 0 Å². The minimum absolute atomic E-state index is 1.03. The van der Waals surface area contributed by atoms with Gasteiger partial charge in [0.1, 0.15) is 0 Å². The van der Waals surface area contributed by atoms with Crippen LogP contribution in [0.3, 0.4) is 0 Å². The highest BCUT2D eigenvalue weighted by molar-refractivity contribution is 6.06. The molecule has 0 unspecified atom stereocenters. The summed E-state index contributed by atoms with van der Waals surface area (Å²) in [5.41, 5.74) is 7.98. The van der Waals surface area contributed by atoms with E-state index in [0.29, 0.717) is 0 Å². The quantitative estimate of drug-likeness (QED) is 0.685. The van der Waals surface area contributed by atoms with Gasteiger partial charge >= 0.3 is 0 Å². The summed E-state index contributed by atoms with van der Waals surface area (Å²) in [6.07, 6.45) is 5.67. The van der Waals surface area contributed by atoms with Gasteiger partial charge in [-0.2, -0.15) is 0 Å². The summed E-state index contributed by atoms with van der Waals surface area (Å²) in [7, 11) is 0. The molecule has 19 heavy (non-hydrogen) atoms. The number of benzene rings is 2. The maximum Gasteiger partial charge on any atom is -0.0145 e. The van der Waals surface area contributed by atoms with Crippen LogP contribution in [0.5, 0.6) is 0 Å². The zero-order valence-corrected chi connectivity index (χ0v) is 11.5. The number of hydrogen-bond acceptors (Lipinski definition) is 0. The minimum atomic E-state index is 1.03. The number of hydrogen-bond donors (Lipinski definition) is 0. The SMILES string of the molecule is Cc1ccc(C2=CCC=C2c2ccc(C)cc2)cc1. The molecule has 0 bridgehead atoms. The van der Waals surface area contributed by atoms with Crippen LogP contribution in [0.2, 0.25) is 0 Å². The van der Waals surface area contributed by atoms with Crippen LogP contribution in [0.25, 0.3) is 11.1 Å². The molecule has 0 spiro atoms. The summed E-state index contributed by atoms with van der Waals surface area (Å²) in [6, 6.07) is 17.6. The van der Waals surface area contributed by atoms with Crippen LogP contribution in [0, 0.1) is 13.8 Å². The predicted octanol–water partition coefficient (Wildman–Crippen LogP) is 5.17. The Labute approximate surface area is 115 Å². The monoisotopic (exact) mass is 246 g/mol. The van der Waals surface area contributed by atoms with E-state index in [4.69, 9.17) is 0 Å². The van der Waals surface area contributed by atoms with Crippen LogP contribution in [-0.2, 0) is 0 Å². The second-order valence-electron chi connectivity index (χ2n) is 5.20. The fourth-order valence-corrected chi connectivity index (χ4v) is 2.53. The molecule has 0 saturated carbocycles. The van der Waals surface area contributed by atoms with Crippen molar-refractivity contribution in [2.45, 2.75) is 20.3 Å². The molecule has 0 fully saturated rings. The number of rotatable bonds is 2. The first-order chi connectivity index (χ1) is 9.24. The van der Waals surface area contributed by atoms with Gasteiger partial charge in [0.05, 0.1) is 0 Å². The van der Waals surface area contributed by atoms with Crippen LogP contribution in [0.4, 0.5) is 0 Å². The first-order valence-corrected chi connectivity index (χ1v) is 6.79. The summed E-state index contributed by atoms with van der Waals surface area (Å²) >= 11 is 0. The lowest BCUT2D eigenvalue weighted by Gasteiger charge is -2.10. The van der Waals surface area contributed by atoms with E-state index in [2.05, 4.69) is 74.5 Å². The molecule has 2 aromatic rings. The summed E-state index contributed by atoms with van der Waals surface area (Å²) in [5, 5.41) is 0. The average molecular weight is 246 g/mol. The maximum absolute atomic E-state index is 2.32. The smallest absolute Gasteiger partial charge is 0.0145 e. The topological polar surface area (TPSA) is 0 Å². The molecule has 0 amide bonds. The van der Waals surface area contributed by atoms with Crippen LogP contribution < -0.4 is 0 Å². The van der Waals surface area contributed by atoms with Crippen molar-refractivity contribution < 1.29 is 0 Å². The molecule has 0 heterocycles. The first kappa shape index (κ1) is 12.0. The largest absolute Gasteiger partial charge is 0.0722 e. The van der Waals surface area contributed by atoms with Gasteiger partial charge in [0, 0.05) is 0 Å². The summed E-state index contributed by atoms with van der Waals surface area (Å²) in [5.74, 6) is 0. The predicted molar refractivity (Wildman–Crippen MR) is 82.9 cm³/mol. The van der Waals surface area contributed by atoms with Crippen molar-refractivity contribution in [3.8, 4) is 0 Å². The van der Waals surface area contributed by atoms with Gasteiger partial charge < -0.3 is 0 Å². The van der Waals surface area contributed by atoms with Crippen molar-refractivity contribution in [3.63, 3.8) is 0 Å². The Morgan fingerprint density at radius 3 is 1.32 bits per heavy atom. The zero-order chi connectivity index (χ0) is 13.2. The van der Waals surface area contributed by atoms with Crippen molar-refractivity contribution in [1.82, 2.24) is 0 Å². The fourth-order valence-electron chi connectivity index (χ4n) is 2.53. The van der Waals surface area contributed by atoms with Gasteiger partial charge in [0.25, 0.3) is 0 Å². The van der Waals surface area contributed by atoms with Crippen LogP contribution in [0.15, 0.2) is 60.7 Å². The fraction of sp³-hybridized carbons (Fsp3) is 0.158. The standard InChI is InChI=1S/C19H18/c1-14-6-10-16(11-7-14)18-4-3-5-19(18)17-12-8-15(2)9-13-17/h4-13H,3H2,1-2H3. The third-order valence-corrected chi connectivity index (χ3v) is 3.66. The molecule has 2 aromatic carbocycles. The van der Waals surface area contributed by atoms with Gasteiger partial charge in [-0.05, 0) is 42.5 Å². The molecule has 0 saturated heterocycles. The molecule has 1 aliphatic rings. The highest BCUT2D eigenvalue weighted by atomic mass is 14.2. The third kappa shape index (κ3) is 2.39. The number of aryl methyl sites for hydroxylation is 2. The Balaban J connectivity index is 1.97. The second kappa shape index (κ2) is 4.89. The molecule has 0 heteroatoms. The average Bonchev–Trinajstić information content (AvgIpc) is 2.90. The zero-order valence-electron chi connectivity index (χ0n) is 11.5. The lowest BCUT2D eigenvalue weighted by molar-refractivity contribution is 1.44. The molecule has 0 radical (unpaired) electrons. The van der Waals surface area contributed by atoms with Crippen molar-refractivity contribution in [2.75, 3.05) is 0 Å². The van der Waals surface area contributed by atoms with Crippen LogP contribution in [-0.4, -0.2) is 0 Å². The van der Waals surface area contributed by atoms with E-state index in [9.17, 15) is 0 Å². The van der Waals surface area contributed by atoms with Crippen molar-refractivity contribution in [3.05, 3.63) is 82.9 Å². The van der Waals surface area contributed by atoms with Gasteiger partial charge in [-0.3, -0.25) is 0 Å². The Morgan fingerprint density at radius 1 is 0.579 bits per heavy atom. The second-order valence-corrected chi connectivity index (χ2v) is 5.20. The normalized spacial score (nSPS) is 14.2. The van der Waals surface area contributed by atoms with Gasteiger partial charge in [-0.25, -0.2) is 0 Å². The van der Waals surface area contributed by atoms with Crippen molar-refractivity contribution in [1.29, 1.82) is 0 Å². The lowest BCUT2D eigenvalue weighted by atomic mass is 9.94. The molecule has 0 nitrogen and oxygen atoms in total. The Bertz CT molecular complexity index is 578. The van der Waals surface area contributed by atoms with E-state index in [1.165, 1.54) is 33.4 Å². The summed E-state index contributed by atoms with van der Waals surface area (Å²) in [4.78, 5) is 0. The molecule has 0 aliphatic heterocycles. The van der Waals surface area contributed by atoms with Gasteiger partial charge in [0.2, 0.25) is 0 Å². The van der Waals surface area contributed by atoms with E-state index in [0.717, 1.165) is 6.42 Å². The Hall–Kier alpha value is -2.08. The summed E-state index contributed by atoms with van der Waals surface area (Å²) in [6.45, 7) is 4.26.